The molecule has 7 nitrogen and oxygen atoms in total. The molecule has 1 aliphatic rings. The van der Waals surface area contributed by atoms with Gasteiger partial charge in [-0.05, 0) is 0 Å². The Morgan fingerprint density at radius 1 is 1.50 bits per heavy atom. The number of carbonyl (C=O) groups excluding carboxylic acids is 2. The van der Waals surface area contributed by atoms with Crippen molar-refractivity contribution in [1.82, 2.24) is 9.97 Å². The molecule has 0 atom stereocenters. The quantitative estimate of drug-likeness (QED) is 0.618. The van der Waals surface area contributed by atoms with Crippen molar-refractivity contribution in [1.29, 1.82) is 5.26 Å². The largest absolute Gasteiger partial charge is 0.368 e. The highest BCUT2D eigenvalue weighted by Gasteiger charge is 2.31. The number of nitriles is 1. The topological polar surface area (TPSA) is 113 Å². The molecular weight excluding hydrogens is 210 g/mol. The van der Waals surface area contributed by atoms with Gasteiger partial charge in [0.05, 0.1) is 19.2 Å². The van der Waals surface area contributed by atoms with Crippen LogP contribution in [0.3, 0.4) is 0 Å². The molecule has 0 saturated carbocycles. The Morgan fingerprint density at radius 2 is 2.25 bits per heavy atom. The van der Waals surface area contributed by atoms with Crippen molar-refractivity contribution in [2.45, 2.75) is 6.42 Å². The minimum absolute atomic E-state index is 0.0406. The predicted molar refractivity (Wildman–Crippen MR) is 53.1 cm³/mol. The summed E-state index contributed by atoms with van der Waals surface area (Å²) in [5.41, 5.74) is 5.50. The van der Waals surface area contributed by atoms with Crippen LogP contribution in [0, 0.1) is 11.3 Å². The second-order valence-corrected chi connectivity index (χ2v) is 3.27. The number of ketones is 1. The molecule has 0 bridgehead atoms. The van der Waals surface area contributed by atoms with Crippen LogP contribution in [-0.4, -0.2) is 28.2 Å². The van der Waals surface area contributed by atoms with Gasteiger partial charge in [0.25, 0.3) is 0 Å². The van der Waals surface area contributed by atoms with Crippen molar-refractivity contribution in [3.05, 3.63) is 11.8 Å². The Labute approximate surface area is 90.5 Å². The lowest BCUT2D eigenvalue weighted by Gasteiger charge is -2.14. The lowest BCUT2D eigenvalue weighted by Crippen LogP contribution is -2.27. The SMILES string of the molecule is N#Cc1cnc(N)nc1N1CC(=O)CC1=O. The molecule has 2 rings (SSSR count). The number of hydrogen-bond donors (Lipinski definition) is 1. The van der Waals surface area contributed by atoms with Gasteiger partial charge in [0.2, 0.25) is 11.9 Å². The van der Waals surface area contributed by atoms with Gasteiger partial charge in [-0.25, -0.2) is 4.98 Å². The van der Waals surface area contributed by atoms with Gasteiger partial charge in [0.1, 0.15) is 11.6 Å². The van der Waals surface area contributed by atoms with E-state index in [1.54, 1.807) is 0 Å². The fraction of sp³-hybridized carbons (Fsp3) is 0.222. The monoisotopic (exact) mass is 217 g/mol. The number of hydrogen-bond acceptors (Lipinski definition) is 6. The molecule has 7 heteroatoms. The highest BCUT2D eigenvalue weighted by molar-refractivity contribution is 6.15. The van der Waals surface area contributed by atoms with E-state index in [0.29, 0.717) is 0 Å². The van der Waals surface area contributed by atoms with Gasteiger partial charge in [-0.3, -0.25) is 14.5 Å². The summed E-state index contributed by atoms with van der Waals surface area (Å²) < 4.78 is 0. The standard InChI is InChI=1S/C9H7N5O2/c10-2-5-3-12-9(11)13-8(5)14-4-6(15)1-7(14)16/h3H,1,4H2,(H2,11,12,13). The fourth-order valence-corrected chi connectivity index (χ4v) is 1.45. The molecule has 1 aromatic heterocycles. The Kier molecular flexibility index (Phi) is 2.25. The molecular formula is C9H7N5O2. The van der Waals surface area contributed by atoms with Crippen LogP contribution in [0.1, 0.15) is 12.0 Å². The number of carbonyl (C=O) groups is 2. The van der Waals surface area contributed by atoms with Gasteiger partial charge in [0.15, 0.2) is 11.6 Å². The number of amides is 1. The Hall–Kier alpha value is -2.49. The molecule has 2 N–H and O–H groups in total. The van der Waals surface area contributed by atoms with Crippen LogP contribution < -0.4 is 10.6 Å². The number of aromatic nitrogens is 2. The van der Waals surface area contributed by atoms with Crippen LogP contribution >= 0.6 is 0 Å². The summed E-state index contributed by atoms with van der Waals surface area (Å²) in [5.74, 6) is -0.516. The summed E-state index contributed by atoms with van der Waals surface area (Å²) in [5, 5.41) is 8.83. The number of Topliss-reactive ketones (excluding diaryl/α,β-unsaturated/α-hetero) is 1. The molecule has 0 aromatic carbocycles. The summed E-state index contributed by atoms with van der Waals surface area (Å²) in [6.07, 6.45) is 1.07. The van der Waals surface area contributed by atoms with Crippen LogP contribution in [0.4, 0.5) is 11.8 Å². The fourth-order valence-electron chi connectivity index (χ4n) is 1.45. The summed E-state index contributed by atoms with van der Waals surface area (Å²) in [7, 11) is 0. The van der Waals surface area contributed by atoms with E-state index >= 15 is 0 Å². The molecule has 1 fully saturated rings. The third-order valence-corrected chi connectivity index (χ3v) is 2.15. The third kappa shape index (κ3) is 1.56. The third-order valence-electron chi connectivity index (χ3n) is 2.15. The van der Waals surface area contributed by atoms with Crippen LogP contribution in [0.15, 0.2) is 6.20 Å². The number of nitrogens with zero attached hydrogens (tertiary/aromatic N) is 4. The second-order valence-electron chi connectivity index (χ2n) is 3.27. The first-order chi connectivity index (χ1) is 7.61. The zero-order valence-corrected chi connectivity index (χ0v) is 8.17. The number of nitrogen functional groups attached to an aromatic ring is 1. The molecule has 0 radical (unpaired) electrons. The molecule has 0 aliphatic carbocycles. The van der Waals surface area contributed by atoms with E-state index in [4.69, 9.17) is 11.0 Å². The molecule has 80 valence electrons. The average Bonchev–Trinajstić information content (AvgIpc) is 2.57. The van der Waals surface area contributed by atoms with Crippen molar-refractivity contribution < 1.29 is 9.59 Å². The summed E-state index contributed by atoms with van der Waals surface area (Å²) in [4.78, 5) is 31.2. The molecule has 2 heterocycles. The number of anilines is 2. The van der Waals surface area contributed by atoms with E-state index in [1.165, 1.54) is 6.20 Å². The average molecular weight is 217 g/mol. The van der Waals surface area contributed by atoms with Gasteiger partial charge < -0.3 is 5.73 Å². The zero-order chi connectivity index (χ0) is 11.7. The summed E-state index contributed by atoms with van der Waals surface area (Å²) >= 11 is 0. The second kappa shape index (κ2) is 3.58. The van der Waals surface area contributed by atoms with Gasteiger partial charge in [-0.2, -0.15) is 10.2 Å². The number of nitrogens with two attached hydrogens (primary N) is 1. The van der Waals surface area contributed by atoms with Crippen molar-refractivity contribution in [3.8, 4) is 6.07 Å². The maximum absolute atomic E-state index is 11.5. The molecule has 16 heavy (non-hydrogen) atoms. The minimum Gasteiger partial charge on any atom is -0.368 e. The molecule has 0 unspecified atom stereocenters. The van der Waals surface area contributed by atoms with Gasteiger partial charge in [-0.15, -0.1) is 0 Å². The van der Waals surface area contributed by atoms with Crippen molar-refractivity contribution in [3.63, 3.8) is 0 Å². The van der Waals surface area contributed by atoms with Crippen LogP contribution in [0.2, 0.25) is 0 Å². The molecule has 1 saturated heterocycles. The maximum Gasteiger partial charge on any atom is 0.236 e. The molecule has 1 amide bonds. The van der Waals surface area contributed by atoms with Crippen molar-refractivity contribution in [2.75, 3.05) is 17.2 Å². The van der Waals surface area contributed by atoms with E-state index in [2.05, 4.69) is 9.97 Å². The lowest BCUT2D eigenvalue weighted by molar-refractivity contribution is -0.121. The first-order valence-corrected chi connectivity index (χ1v) is 4.46. The maximum atomic E-state index is 11.5. The minimum atomic E-state index is -0.375. The number of rotatable bonds is 1. The first-order valence-electron chi connectivity index (χ1n) is 4.46. The highest BCUT2D eigenvalue weighted by atomic mass is 16.2. The van der Waals surface area contributed by atoms with E-state index in [9.17, 15) is 9.59 Å². The molecule has 1 aliphatic heterocycles. The first kappa shape index (κ1) is 10.0. The predicted octanol–water partition coefficient (Wildman–Crippen LogP) is -0.764. The Balaban J connectivity index is 2.48. The zero-order valence-electron chi connectivity index (χ0n) is 8.17. The Bertz CT molecular complexity index is 519. The smallest absolute Gasteiger partial charge is 0.236 e. The van der Waals surface area contributed by atoms with E-state index in [1.807, 2.05) is 6.07 Å². The van der Waals surface area contributed by atoms with E-state index < -0.39 is 0 Å². The van der Waals surface area contributed by atoms with Crippen LogP contribution in [0.25, 0.3) is 0 Å². The van der Waals surface area contributed by atoms with Gasteiger partial charge in [0, 0.05) is 0 Å². The molecule has 0 spiro atoms. The normalized spacial score (nSPS) is 15.3. The molecule has 1 aromatic rings. The summed E-state index contributed by atoms with van der Waals surface area (Å²) in [6, 6.07) is 1.85. The van der Waals surface area contributed by atoms with Gasteiger partial charge in [-0.1, -0.05) is 0 Å². The van der Waals surface area contributed by atoms with Crippen molar-refractivity contribution in [2.24, 2.45) is 0 Å². The Morgan fingerprint density at radius 3 is 2.81 bits per heavy atom. The van der Waals surface area contributed by atoms with Crippen LogP contribution in [-0.2, 0) is 9.59 Å². The summed E-state index contributed by atoms with van der Waals surface area (Å²) in [6.45, 7) is -0.0655. The highest BCUT2D eigenvalue weighted by Crippen LogP contribution is 2.21. The van der Waals surface area contributed by atoms with E-state index in [-0.39, 0.29) is 42.0 Å². The van der Waals surface area contributed by atoms with E-state index in [0.717, 1.165) is 4.90 Å². The van der Waals surface area contributed by atoms with Crippen LogP contribution in [0.5, 0.6) is 0 Å². The van der Waals surface area contributed by atoms with Crippen molar-refractivity contribution >= 4 is 23.5 Å². The van der Waals surface area contributed by atoms with Gasteiger partial charge >= 0.3 is 0 Å². The lowest BCUT2D eigenvalue weighted by atomic mass is 10.3.